The quantitative estimate of drug-likeness (QED) is 0.866. The van der Waals surface area contributed by atoms with E-state index in [1.165, 1.54) is 10.9 Å². The van der Waals surface area contributed by atoms with Gasteiger partial charge in [0.15, 0.2) is 0 Å². The number of hydrogen-bond acceptors (Lipinski definition) is 2. The molecule has 0 aliphatic rings. The summed E-state index contributed by atoms with van der Waals surface area (Å²) in [6.45, 7) is 0. The van der Waals surface area contributed by atoms with Crippen LogP contribution in [0.4, 0.5) is 4.39 Å². The van der Waals surface area contributed by atoms with Gasteiger partial charge in [0.05, 0.1) is 0 Å². The summed E-state index contributed by atoms with van der Waals surface area (Å²) >= 11 is 1.71. The van der Waals surface area contributed by atoms with Crippen LogP contribution in [0.3, 0.4) is 0 Å². The lowest BCUT2D eigenvalue weighted by atomic mass is 10.0. The summed E-state index contributed by atoms with van der Waals surface area (Å²) in [6, 6.07) is 10.8. The maximum Gasteiger partial charge on any atom is 0.123 e. The van der Waals surface area contributed by atoms with Crippen molar-refractivity contribution in [3.05, 3.63) is 58.0 Å². The van der Waals surface area contributed by atoms with Gasteiger partial charge in [-0.3, -0.25) is 0 Å². The number of hydrogen-bond donors (Lipinski definition) is 1. The Kier molecular flexibility index (Phi) is 3.70. The number of nitrogens with two attached hydrogens (primary N) is 1. The van der Waals surface area contributed by atoms with Crippen molar-refractivity contribution in [2.75, 3.05) is 0 Å². The number of thiophene rings is 1. The average Bonchev–Trinajstić information content (AvgIpc) is 2.70. The highest BCUT2D eigenvalue weighted by atomic mass is 32.1. The lowest BCUT2D eigenvalue weighted by molar-refractivity contribution is 0.619. The molecule has 0 saturated carbocycles. The highest BCUT2D eigenvalue weighted by Gasteiger charge is 2.06. The fourth-order valence-corrected chi connectivity index (χ4v) is 2.53. The second-order valence-corrected chi connectivity index (χ2v) is 4.91. The standard InChI is InChI=1S/C13H14FNS/c14-11-4-1-3-10(7-11)8-12(15)9-13-5-2-6-16-13/h1-7,12H,8-9,15H2. The van der Waals surface area contributed by atoms with E-state index in [0.717, 1.165) is 18.4 Å². The molecule has 0 aliphatic heterocycles. The third-order valence-electron chi connectivity index (χ3n) is 2.43. The molecule has 1 aromatic heterocycles. The Hall–Kier alpha value is -1.19. The zero-order chi connectivity index (χ0) is 11.4. The summed E-state index contributed by atoms with van der Waals surface area (Å²) < 4.78 is 13.0. The highest BCUT2D eigenvalue weighted by Crippen LogP contribution is 2.13. The summed E-state index contributed by atoms with van der Waals surface area (Å²) in [7, 11) is 0. The van der Waals surface area contributed by atoms with Gasteiger partial charge in [-0.15, -0.1) is 11.3 Å². The van der Waals surface area contributed by atoms with Gasteiger partial charge in [-0.05, 0) is 42.0 Å². The molecule has 0 aliphatic carbocycles. The zero-order valence-electron chi connectivity index (χ0n) is 8.90. The van der Waals surface area contributed by atoms with Gasteiger partial charge in [0.1, 0.15) is 5.82 Å². The molecule has 0 amide bonds. The van der Waals surface area contributed by atoms with Crippen LogP contribution < -0.4 is 5.73 Å². The second-order valence-electron chi connectivity index (χ2n) is 3.88. The molecular formula is C13H14FNS. The van der Waals surface area contributed by atoms with Crippen molar-refractivity contribution in [3.8, 4) is 0 Å². The van der Waals surface area contributed by atoms with Crippen molar-refractivity contribution in [2.45, 2.75) is 18.9 Å². The first-order chi connectivity index (χ1) is 7.74. The fourth-order valence-electron chi connectivity index (χ4n) is 1.73. The molecule has 2 rings (SSSR count). The molecule has 1 aromatic carbocycles. The molecular weight excluding hydrogens is 221 g/mol. The Morgan fingerprint density at radius 1 is 1.19 bits per heavy atom. The van der Waals surface area contributed by atoms with Crippen molar-refractivity contribution in [1.29, 1.82) is 0 Å². The minimum absolute atomic E-state index is 0.0560. The Balaban J connectivity index is 1.94. The Bertz CT molecular complexity index is 439. The van der Waals surface area contributed by atoms with Crippen LogP contribution in [-0.2, 0) is 12.8 Å². The molecule has 0 fully saturated rings. The van der Waals surface area contributed by atoms with Crippen molar-refractivity contribution in [1.82, 2.24) is 0 Å². The summed E-state index contributed by atoms with van der Waals surface area (Å²) in [5, 5.41) is 2.05. The molecule has 0 bridgehead atoms. The fraction of sp³-hybridized carbons (Fsp3) is 0.231. The van der Waals surface area contributed by atoms with Crippen LogP contribution in [-0.4, -0.2) is 6.04 Å². The van der Waals surface area contributed by atoms with Crippen LogP contribution in [0.25, 0.3) is 0 Å². The maximum absolute atomic E-state index is 13.0. The van der Waals surface area contributed by atoms with E-state index in [0.29, 0.717) is 0 Å². The van der Waals surface area contributed by atoms with Crippen molar-refractivity contribution in [3.63, 3.8) is 0 Å². The molecule has 1 heterocycles. The topological polar surface area (TPSA) is 26.0 Å². The molecule has 1 nitrogen and oxygen atoms in total. The molecule has 1 atom stereocenters. The van der Waals surface area contributed by atoms with E-state index in [9.17, 15) is 4.39 Å². The van der Waals surface area contributed by atoms with E-state index in [4.69, 9.17) is 5.73 Å². The average molecular weight is 235 g/mol. The molecule has 1 unspecified atom stereocenters. The van der Waals surface area contributed by atoms with Gasteiger partial charge < -0.3 is 5.73 Å². The van der Waals surface area contributed by atoms with Crippen molar-refractivity contribution >= 4 is 11.3 Å². The van der Waals surface area contributed by atoms with E-state index in [2.05, 4.69) is 6.07 Å². The third kappa shape index (κ3) is 3.15. The summed E-state index contributed by atoms with van der Waals surface area (Å²) in [5.74, 6) is -0.194. The van der Waals surface area contributed by atoms with E-state index in [1.54, 1.807) is 23.5 Å². The van der Waals surface area contributed by atoms with Gasteiger partial charge in [0.25, 0.3) is 0 Å². The number of benzene rings is 1. The van der Waals surface area contributed by atoms with E-state index in [1.807, 2.05) is 17.5 Å². The Labute approximate surface area is 98.7 Å². The molecule has 2 N–H and O–H groups in total. The molecule has 84 valence electrons. The van der Waals surface area contributed by atoms with Gasteiger partial charge in [0, 0.05) is 10.9 Å². The highest BCUT2D eigenvalue weighted by molar-refractivity contribution is 7.09. The minimum Gasteiger partial charge on any atom is -0.327 e. The predicted octanol–water partition coefficient (Wildman–Crippen LogP) is 3.00. The smallest absolute Gasteiger partial charge is 0.123 e. The predicted molar refractivity (Wildman–Crippen MR) is 66.1 cm³/mol. The first-order valence-electron chi connectivity index (χ1n) is 5.26. The SMILES string of the molecule is NC(Cc1cccc(F)c1)Cc1cccs1. The van der Waals surface area contributed by atoms with Gasteiger partial charge in [-0.25, -0.2) is 4.39 Å². The van der Waals surface area contributed by atoms with Crippen LogP contribution in [0.5, 0.6) is 0 Å². The van der Waals surface area contributed by atoms with Gasteiger partial charge in [-0.2, -0.15) is 0 Å². The van der Waals surface area contributed by atoms with Gasteiger partial charge in [0.2, 0.25) is 0 Å². The Morgan fingerprint density at radius 2 is 2.06 bits per heavy atom. The van der Waals surface area contributed by atoms with Crippen molar-refractivity contribution < 1.29 is 4.39 Å². The third-order valence-corrected chi connectivity index (χ3v) is 3.33. The van der Waals surface area contributed by atoms with Crippen LogP contribution in [0, 0.1) is 5.82 Å². The largest absolute Gasteiger partial charge is 0.327 e. The van der Waals surface area contributed by atoms with Crippen LogP contribution in [0.1, 0.15) is 10.4 Å². The van der Waals surface area contributed by atoms with Crippen LogP contribution in [0.2, 0.25) is 0 Å². The minimum atomic E-state index is -0.194. The van der Waals surface area contributed by atoms with E-state index in [-0.39, 0.29) is 11.9 Å². The first kappa shape index (κ1) is 11.3. The molecule has 0 spiro atoms. The maximum atomic E-state index is 13.0. The summed E-state index contributed by atoms with van der Waals surface area (Å²) in [5.41, 5.74) is 6.99. The van der Waals surface area contributed by atoms with Crippen LogP contribution >= 0.6 is 11.3 Å². The lowest BCUT2D eigenvalue weighted by Crippen LogP contribution is -2.25. The van der Waals surface area contributed by atoms with E-state index >= 15 is 0 Å². The molecule has 2 aromatic rings. The van der Waals surface area contributed by atoms with Crippen molar-refractivity contribution in [2.24, 2.45) is 5.73 Å². The molecule has 16 heavy (non-hydrogen) atoms. The second kappa shape index (κ2) is 5.23. The lowest BCUT2D eigenvalue weighted by Gasteiger charge is -2.10. The normalized spacial score (nSPS) is 12.6. The summed E-state index contributed by atoms with van der Waals surface area (Å²) in [6.07, 6.45) is 1.57. The van der Waals surface area contributed by atoms with Gasteiger partial charge in [-0.1, -0.05) is 18.2 Å². The Morgan fingerprint density at radius 3 is 2.75 bits per heavy atom. The number of halogens is 1. The van der Waals surface area contributed by atoms with Gasteiger partial charge >= 0.3 is 0 Å². The molecule has 0 saturated heterocycles. The summed E-state index contributed by atoms with van der Waals surface area (Å²) in [4.78, 5) is 1.28. The first-order valence-corrected chi connectivity index (χ1v) is 6.14. The zero-order valence-corrected chi connectivity index (χ0v) is 9.71. The monoisotopic (exact) mass is 235 g/mol. The van der Waals surface area contributed by atoms with E-state index < -0.39 is 0 Å². The molecule has 0 radical (unpaired) electrons. The molecule has 3 heteroatoms. The number of rotatable bonds is 4. The van der Waals surface area contributed by atoms with Crippen LogP contribution in [0.15, 0.2) is 41.8 Å².